The third-order valence-corrected chi connectivity index (χ3v) is 5.48. The van der Waals surface area contributed by atoms with Crippen LogP contribution < -0.4 is 15.4 Å². The van der Waals surface area contributed by atoms with Crippen LogP contribution in [-0.2, 0) is 22.1 Å². The Balaban J connectivity index is 1.95. The standard InChI is InChI=1S/C22H31N3O3S/c1-4-23-22(24-12-15-29(26)20-8-6-5-7-9-20)25-17-19-11-10-18(2)16-21(19)28-14-13-27-3/h5-11,16H,4,12-15,17H2,1-3H3,(H2,23,24,25). The Morgan fingerprint density at radius 2 is 1.90 bits per heavy atom. The van der Waals surface area contributed by atoms with Crippen LogP contribution in [-0.4, -0.2) is 49.3 Å². The van der Waals surface area contributed by atoms with E-state index < -0.39 is 10.8 Å². The summed E-state index contributed by atoms with van der Waals surface area (Å²) in [7, 11) is 0.625. The fourth-order valence-electron chi connectivity index (χ4n) is 2.62. The molecule has 1 unspecified atom stereocenters. The number of nitrogens with zero attached hydrogens (tertiary/aromatic N) is 1. The first-order valence-corrected chi connectivity index (χ1v) is 11.1. The second kappa shape index (κ2) is 13.0. The Hall–Kier alpha value is -2.38. The van der Waals surface area contributed by atoms with E-state index in [9.17, 15) is 4.21 Å². The van der Waals surface area contributed by atoms with Crippen LogP contribution in [0, 0.1) is 6.92 Å². The Bertz CT molecular complexity index is 797. The van der Waals surface area contributed by atoms with Crippen LogP contribution in [0.25, 0.3) is 0 Å². The van der Waals surface area contributed by atoms with Gasteiger partial charge in [0.1, 0.15) is 12.4 Å². The van der Waals surface area contributed by atoms with Crippen molar-refractivity contribution in [3.8, 4) is 5.75 Å². The fourth-order valence-corrected chi connectivity index (χ4v) is 3.60. The van der Waals surface area contributed by atoms with Gasteiger partial charge in [-0.3, -0.25) is 4.21 Å². The number of rotatable bonds is 11. The maximum atomic E-state index is 12.3. The highest BCUT2D eigenvalue weighted by Gasteiger charge is 2.07. The molecule has 2 rings (SSSR count). The molecular formula is C22H31N3O3S. The number of hydrogen-bond donors (Lipinski definition) is 2. The molecule has 0 aliphatic heterocycles. The smallest absolute Gasteiger partial charge is 0.191 e. The van der Waals surface area contributed by atoms with Crippen molar-refractivity contribution in [3.05, 3.63) is 59.7 Å². The first-order chi connectivity index (χ1) is 14.1. The summed E-state index contributed by atoms with van der Waals surface area (Å²) in [4.78, 5) is 5.50. The van der Waals surface area contributed by atoms with Crippen molar-refractivity contribution in [1.29, 1.82) is 0 Å². The normalized spacial score (nSPS) is 12.4. The van der Waals surface area contributed by atoms with E-state index in [-0.39, 0.29) is 0 Å². The van der Waals surface area contributed by atoms with Crippen LogP contribution in [0.4, 0.5) is 0 Å². The topological polar surface area (TPSA) is 72.0 Å². The maximum absolute atomic E-state index is 12.3. The maximum Gasteiger partial charge on any atom is 0.191 e. The number of benzene rings is 2. The third-order valence-electron chi connectivity index (χ3n) is 4.11. The highest BCUT2D eigenvalue weighted by molar-refractivity contribution is 7.85. The molecule has 2 aromatic rings. The Morgan fingerprint density at radius 3 is 2.62 bits per heavy atom. The van der Waals surface area contributed by atoms with E-state index in [0.29, 0.717) is 38.0 Å². The van der Waals surface area contributed by atoms with Gasteiger partial charge in [-0.05, 0) is 37.6 Å². The predicted octanol–water partition coefficient (Wildman–Crippen LogP) is 2.88. The predicted molar refractivity (Wildman–Crippen MR) is 119 cm³/mol. The lowest BCUT2D eigenvalue weighted by Gasteiger charge is -2.13. The lowest BCUT2D eigenvalue weighted by Crippen LogP contribution is -2.39. The molecule has 0 spiro atoms. The van der Waals surface area contributed by atoms with E-state index in [2.05, 4.69) is 21.7 Å². The molecule has 0 aliphatic carbocycles. The Morgan fingerprint density at radius 1 is 1.10 bits per heavy atom. The number of nitrogens with one attached hydrogen (secondary N) is 2. The van der Waals surface area contributed by atoms with Gasteiger partial charge in [0.05, 0.1) is 24.0 Å². The number of aliphatic imine (C=N–C) groups is 1. The number of hydrogen-bond acceptors (Lipinski definition) is 4. The Kier molecular flexibility index (Phi) is 10.2. The highest BCUT2D eigenvalue weighted by Crippen LogP contribution is 2.21. The molecule has 0 radical (unpaired) electrons. The van der Waals surface area contributed by atoms with Gasteiger partial charge in [0.2, 0.25) is 0 Å². The van der Waals surface area contributed by atoms with E-state index in [4.69, 9.17) is 9.47 Å². The minimum atomic E-state index is -1.03. The number of aryl methyl sites for hydroxylation is 1. The van der Waals surface area contributed by atoms with Crippen LogP contribution in [0.3, 0.4) is 0 Å². The van der Waals surface area contributed by atoms with E-state index in [1.807, 2.05) is 56.3 Å². The molecule has 0 bridgehead atoms. The molecule has 0 fully saturated rings. The Labute approximate surface area is 176 Å². The molecule has 1 atom stereocenters. The zero-order valence-corrected chi connectivity index (χ0v) is 18.3. The summed E-state index contributed by atoms with van der Waals surface area (Å²) >= 11 is 0. The summed E-state index contributed by atoms with van der Waals surface area (Å²) in [6.45, 7) is 6.90. The van der Waals surface area contributed by atoms with E-state index >= 15 is 0 Å². The van der Waals surface area contributed by atoms with Crippen molar-refractivity contribution in [2.45, 2.75) is 25.3 Å². The molecule has 7 heteroatoms. The largest absolute Gasteiger partial charge is 0.491 e. The molecule has 0 aromatic heterocycles. The summed E-state index contributed by atoms with van der Waals surface area (Å²) in [6, 6.07) is 15.6. The molecular weight excluding hydrogens is 386 g/mol. The van der Waals surface area contributed by atoms with Crippen molar-refractivity contribution in [2.24, 2.45) is 4.99 Å². The second-order valence-electron chi connectivity index (χ2n) is 6.44. The number of methoxy groups -OCH3 is 1. The average molecular weight is 418 g/mol. The lowest BCUT2D eigenvalue weighted by molar-refractivity contribution is 0.146. The molecule has 0 aliphatic rings. The van der Waals surface area contributed by atoms with Crippen molar-refractivity contribution >= 4 is 16.8 Å². The van der Waals surface area contributed by atoms with Crippen LogP contribution in [0.5, 0.6) is 5.75 Å². The summed E-state index contributed by atoms with van der Waals surface area (Å²) < 4.78 is 23.2. The molecule has 0 saturated carbocycles. The minimum Gasteiger partial charge on any atom is -0.491 e. The molecule has 0 amide bonds. The first-order valence-electron chi connectivity index (χ1n) is 9.81. The van der Waals surface area contributed by atoms with Crippen molar-refractivity contribution in [3.63, 3.8) is 0 Å². The molecule has 2 N–H and O–H groups in total. The quantitative estimate of drug-likeness (QED) is 0.334. The molecule has 6 nitrogen and oxygen atoms in total. The zero-order valence-electron chi connectivity index (χ0n) is 17.4. The van der Waals surface area contributed by atoms with Gasteiger partial charge in [-0.1, -0.05) is 30.3 Å². The molecule has 2 aromatic carbocycles. The van der Waals surface area contributed by atoms with Gasteiger partial charge in [0, 0.05) is 36.4 Å². The lowest BCUT2D eigenvalue weighted by atomic mass is 10.1. The first kappa shape index (κ1) is 22.9. The van der Waals surface area contributed by atoms with E-state index in [1.54, 1.807) is 7.11 Å². The monoisotopic (exact) mass is 417 g/mol. The summed E-state index contributed by atoms with van der Waals surface area (Å²) in [5.41, 5.74) is 2.15. The van der Waals surface area contributed by atoms with Crippen LogP contribution in [0.2, 0.25) is 0 Å². The SMILES string of the molecule is CCNC(=NCc1ccc(C)cc1OCCOC)NCCS(=O)c1ccccc1. The van der Waals surface area contributed by atoms with Gasteiger partial charge in [-0.2, -0.15) is 0 Å². The molecule has 0 saturated heterocycles. The molecule has 158 valence electrons. The van der Waals surface area contributed by atoms with Crippen molar-refractivity contribution in [2.75, 3.05) is 39.2 Å². The van der Waals surface area contributed by atoms with Gasteiger partial charge < -0.3 is 20.1 Å². The summed E-state index contributed by atoms with van der Waals surface area (Å²) in [6.07, 6.45) is 0. The molecule has 29 heavy (non-hydrogen) atoms. The second-order valence-corrected chi connectivity index (χ2v) is 8.01. The minimum absolute atomic E-state index is 0.486. The van der Waals surface area contributed by atoms with Gasteiger partial charge >= 0.3 is 0 Å². The van der Waals surface area contributed by atoms with Crippen molar-refractivity contribution in [1.82, 2.24) is 10.6 Å². The summed E-state index contributed by atoms with van der Waals surface area (Å²) in [5, 5.41) is 6.49. The fraction of sp³-hybridized carbons (Fsp3) is 0.409. The van der Waals surface area contributed by atoms with E-state index in [0.717, 1.165) is 28.3 Å². The van der Waals surface area contributed by atoms with Crippen molar-refractivity contribution < 1.29 is 13.7 Å². The molecule has 0 heterocycles. The number of ether oxygens (including phenoxy) is 2. The highest BCUT2D eigenvalue weighted by atomic mass is 32.2. The third kappa shape index (κ3) is 8.25. The number of guanidine groups is 1. The van der Waals surface area contributed by atoms with Gasteiger partial charge in [-0.15, -0.1) is 0 Å². The van der Waals surface area contributed by atoms with Gasteiger partial charge in [0.15, 0.2) is 5.96 Å². The summed E-state index contributed by atoms with van der Waals surface area (Å²) in [5.74, 6) is 2.04. The van der Waals surface area contributed by atoms with Crippen LogP contribution >= 0.6 is 0 Å². The van der Waals surface area contributed by atoms with Gasteiger partial charge in [0.25, 0.3) is 0 Å². The van der Waals surface area contributed by atoms with Gasteiger partial charge in [-0.25, -0.2) is 4.99 Å². The zero-order chi connectivity index (χ0) is 20.9. The average Bonchev–Trinajstić information content (AvgIpc) is 2.73. The van der Waals surface area contributed by atoms with Crippen LogP contribution in [0.15, 0.2) is 58.4 Å². The van der Waals surface area contributed by atoms with E-state index in [1.165, 1.54) is 0 Å². The van der Waals surface area contributed by atoms with Crippen LogP contribution in [0.1, 0.15) is 18.1 Å².